The first-order valence-corrected chi connectivity index (χ1v) is 25.2. The number of carbonyl (C=O) groups is 6. The molecule has 370 valence electrons. The van der Waals surface area contributed by atoms with Crippen LogP contribution >= 0.6 is 0 Å². The number of guanidine groups is 1. The van der Waals surface area contributed by atoms with Crippen LogP contribution in [0.2, 0.25) is 0 Å². The molecular weight excluding hydrogens is 905 g/mol. The molecule has 4 aromatic rings. The van der Waals surface area contributed by atoms with Crippen LogP contribution in [0.4, 0.5) is 17.1 Å². The molecule has 9 heterocycles. The summed E-state index contributed by atoms with van der Waals surface area (Å²) in [4.78, 5) is 100. The highest BCUT2D eigenvalue weighted by Gasteiger charge is 2.45. The van der Waals surface area contributed by atoms with Gasteiger partial charge in [-0.25, -0.2) is 4.68 Å². The standard InChI is InChI=1S/C52H60N12O7/c1-31-5-4-22-71-51-40(27-53-58(51)3)42-25-35(23-32(2)54-42)46(66)57-52-55-41-9-6-33(24-44(41)63(52)28-31)29-59-15-13-36(14-16-59)60-18-20-61(21-19-60)48(68)34-12-17-62(30-34)37-7-8-38-39(26-37)50(70)64(49(38)69)43-10-11-45(65)56-47(43)67/h6-9,23-27,31,34,36,43H,4-5,10-22,28-30H2,1-3H3,(H,55,57,66)(H,56,65,67)/t31-,34+,43?/m1/s1. The number of nitrogens with zero attached hydrogens (tertiary/aromatic N) is 10. The Kier molecular flexibility index (Phi) is 12.4. The number of pyridine rings is 1. The van der Waals surface area contributed by atoms with E-state index in [-0.39, 0.29) is 47.6 Å². The Morgan fingerprint density at radius 3 is 2.42 bits per heavy atom. The molecule has 11 rings (SSSR count). The lowest BCUT2D eigenvalue weighted by molar-refractivity contribution is -0.137. The molecule has 19 nitrogen and oxygen atoms in total. The molecule has 3 atom stereocenters. The molecule has 1 unspecified atom stereocenters. The first-order chi connectivity index (χ1) is 34.3. The molecule has 6 amide bonds. The van der Waals surface area contributed by atoms with Gasteiger partial charge in [0.05, 0.1) is 52.5 Å². The zero-order valence-electron chi connectivity index (χ0n) is 40.6. The van der Waals surface area contributed by atoms with Gasteiger partial charge in [0, 0.05) is 88.8 Å². The lowest BCUT2D eigenvalue weighted by atomic mass is 10.0. The number of imide groups is 2. The number of ether oxygens (including phenoxy) is 1. The second-order valence-corrected chi connectivity index (χ2v) is 20.3. The van der Waals surface area contributed by atoms with E-state index in [9.17, 15) is 28.8 Å². The van der Waals surface area contributed by atoms with Crippen LogP contribution in [0.25, 0.3) is 11.3 Å². The molecule has 0 saturated carbocycles. The summed E-state index contributed by atoms with van der Waals surface area (Å²) in [5, 5.41) is 10.1. The normalized spacial score (nSPS) is 24.3. The van der Waals surface area contributed by atoms with Gasteiger partial charge >= 0.3 is 0 Å². The SMILES string of the molecule is Cc1cc2cc(n1)-c1cnn(C)c1OCCC[C@@H](C)CN1/C(=N/C2=O)Nc2ccc(CN3CCC(N4CCN(C(=O)[C@H]5CCN(c6ccc7c(c6)C(=O)N(C6CCC(=O)NC6=O)C7=O)C5)CC4)CC3)cc21. The minimum atomic E-state index is -1.01. The molecule has 2 aromatic carbocycles. The maximum atomic E-state index is 13.9. The van der Waals surface area contributed by atoms with Gasteiger partial charge in [-0.15, -0.1) is 0 Å². The number of benzene rings is 2. The van der Waals surface area contributed by atoms with Crippen LogP contribution in [0.15, 0.2) is 59.7 Å². The van der Waals surface area contributed by atoms with Gasteiger partial charge in [0.1, 0.15) is 6.04 Å². The Balaban J connectivity index is 0.676. The molecule has 4 fully saturated rings. The number of nitrogens with one attached hydrogen (secondary N) is 2. The highest BCUT2D eigenvalue weighted by atomic mass is 16.5. The van der Waals surface area contributed by atoms with Crippen LogP contribution < -0.4 is 25.2 Å². The molecule has 19 heteroatoms. The fourth-order valence-electron chi connectivity index (χ4n) is 11.6. The van der Waals surface area contributed by atoms with Gasteiger partial charge in [0.2, 0.25) is 29.6 Å². The van der Waals surface area contributed by atoms with E-state index in [4.69, 9.17) is 14.7 Å². The predicted molar refractivity (Wildman–Crippen MR) is 264 cm³/mol. The largest absolute Gasteiger partial charge is 0.477 e. The zero-order chi connectivity index (χ0) is 49.1. The van der Waals surface area contributed by atoms with E-state index in [1.807, 2.05) is 24.9 Å². The minimum absolute atomic E-state index is 0.0658. The van der Waals surface area contributed by atoms with Gasteiger partial charge in [0.25, 0.3) is 17.7 Å². The number of carbonyl (C=O) groups excluding carboxylic acids is 6. The topological polar surface area (TPSA) is 198 Å². The lowest BCUT2D eigenvalue weighted by Gasteiger charge is -2.43. The number of hydrogen-bond acceptors (Lipinski definition) is 14. The number of piperazine rings is 1. The van der Waals surface area contributed by atoms with Crippen LogP contribution in [0.3, 0.4) is 0 Å². The Hall–Kier alpha value is -6.99. The summed E-state index contributed by atoms with van der Waals surface area (Å²) < 4.78 is 7.97. The van der Waals surface area contributed by atoms with Gasteiger partial charge in [-0.3, -0.25) is 53.8 Å². The van der Waals surface area contributed by atoms with Crippen LogP contribution in [-0.4, -0.2) is 153 Å². The number of rotatable bonds is 6. The van der Waals surface area contributed by atoms with E-state index in [2.05, 4.69) is 60.5 Å². The molecule has 2 bridgehead atoms. The summed E-state index contributed by atoms with van der Waals surface area (Å²) in [6.07, 6.45) is 6.50. The Bertz CT molecular complexity index is 2860. The van der Waals surface area contributed by atoms with Gasteiger partial charge in [-0.1, -0.05) is 13.0 Å². The van der Waals surface area contributed by atoms with E-state index in [0.717, 1.165) is 85.9 Å². The van der Waals surface area contributed by atoms with Gasteiger partial charge < -0.3 is 24.8 Å². The summed E-state index contributed by atoms with van der Waals surface area (Å²) in [6.45, 7) is 12.4. The van der Waals surface area contributed by atoms with E-state index < -0.39 is 29.7 Å². The van der Waals surface area contributed by atoms with E-state index in [0.29, 0.717) is 80.6 Å². The number of amides is 6. The van der Waals surface area contributed by atoms with Gasteiger partial charge in [-0.2, -0.15) is 10.1 Å². The molecule has 0 radical (unpaired) electrons. The summed E-state index contributed by atoms with van der Waals surface area (Å²) in [7, 11) is 1.85. The van der Waals surface area contributed by atoms with Crippen LogP contribution in [-0.2, 0) is 28.0 Å². The first-order valence-electron chi connectivity index (χ1n) is 25.2. The Morgan fingerprint density at radius 2 is 1.62 bits per heavy atom. The van der Waals surface area contributed by atoms with E-state index >= 15 is 0 Å². The van der Waals surface area contributed by atoms with E-state index in [1.54, 1.807) is 35.1 Å². The fourth-order valence-corrected chi connectivity index (χ4v) is 11.6. The van der Waals surface area contributed by atoms with Crippen molar-refractivity contribution in [3.63, 3.8) is 0 Å². The summed E-state index contributed by atoms with van der Waals surface area (Å²) in [5.74, 6) is -1.00. The van der Waals surface area contributed by atoms with Crippen LogP contribution in [0.5, 0.6) is 5.88 Å². The van der Waals surface area contributed by atoms with Crippen LogP contribution in [0, 0.1) is 18.8 Å². The predicted octanol–water partition coefficient (Wildman–Crippen LogP) is 4.06. The maximum Gasteiger partial charge on any atom is 0.280 e. The monoisotopic (exact) mass is 964 g/mol. The summed E-state index contributed by atoms with van der Waals surface area (Å²) in [5.41, 5.74) is 6.94. The van der Waals surface area contributed by atoms with Crippen molar-refractivity contribution in [3.05, 3.63) is 82.7 Å². The quantitative estimate of drug-likeness (QED) is 0.263. The molecule has 0 spiro atoms. The fraction of sp³-hybridized carbons (Fsp3) is 0.481. The van der Waals surface area contributed by atoms with Crippen molar-refractivity contribution in [2.75, 3.05) is 80.6 Å². The Labute approximate surface area is 412 Å². The van der Waals surface area contributed by atoms with Crippen molar-refractivity contribution in [1.29, 1.82) is 0 Å². The third-order valence-corrected chi connectivity index (χ3v) is 15.4. The summed E-state index contributed by atoms with van der Waals surface area (Å²) >= 11 is 0. The van der Waals surface area contributed by atoms with E-state index in [1.165, 1.54) is 5.56 Å². The molecular formula is C52H60N12O7. The number of likely N-dealkylation sites (tertiary alicyclic amines) is 1. The number of hydrogen-bond donors (Lipinski definition) is 2. The van der Waals surface area contributed by atoms with Crippen molar-refractivity contribution in [3.8, 4) is 17.1 Å². The molecule has 0 aliphatic carbocycles. The number of aryl methyl sites for hydroxylation is 2. The molecule has 2 N–H and O–H groups in total. The number of aromatic nitrogens is 3. The first kappa shape index (κ1) is 46.4. The number of fused-ring (bicyclic) bond motifs is 8. The third-order valence-electron chi connectivity index (χ3n) is 15.4. The van der Waals surface area contributed by atoms with Crippen molar-refractivity contribution in [2.45, 2.75) is 77.4 Å². The molecule has 7 aliphatic rings. The zero-order valence-corrected chi connectivity index (χ0v) is 40.6. The lowest BCUT2D eigenvalue weighted by Crippen LogP contribution is -2.55. The average Bonchev–Trinajstić information content (AvgIpc) is 4.14. The van der Waals surface area contributed by atoms with Crippen molar-refractivity contribution >= 4 is 58.5 Å². The number of aliphatic imine (C=N–C) groups is 1. The Morgan fingerprint density at radius 1 is 0.817 bits per heavy atom. The highest BCUT2D eigenvalue weighted by molar-refractivity contribution is 6.24. The molecule has 7 aliphatic heterocycles. The third kappa shape index (κ3) is 9.05. The molecule has 71 heavy (non-hydrogen) atoms. The molecule has 2 aromatic heterocycles. The summed E-state index contributed by atoms with van der Waals surface area (Å²) in [6, 6.07) is 14.7. The number of piperidine rings is 2. The highest BCUT2D eigenvalue weighted by Crippen LogP contribution is 2.37. The second-order valence-electron chi connectivity index (χ2n) is 20.3. The van der Waals surface area contributed by atoms with Gasteiger partial charge in [0.15, 0.2) is 0 Å². The molecule has 4 saturated heterocycles. The van der Waals surface area contributed by atoms with Crippen molar-refractivity contribution < 1.29 is 33.5 Å². The van der Waals surface area contributed by atoms with Crippen molar-refractivity contribution in [1.82, 2.24) is 39.7 Å². The average molecular weight is 965 g/mol. The number of anilines is 3. The van der Waals surface area contributed by atoms with Gasteiger partial charge in [-0.05, 0) is 112 Å². The van der Waals surface area contributed by atoms with Crippen LogP contribution in [0.1, 0.15) is 94.2 Å². The smallest absolute Gasteiger partial charge is 0.280 e. The van der Waals surface area contributed by atoms with Crippen molar-refractivity contribution in [2.24, 2.45) is 23.9 Å². The minimum Gasteiger partial charge on any atom is -0.477 e. The maximum absolute atomic E-state index is 13.9. The second kappa shape index (κ2) is 19.0.